The third kappa shape index (κ3) is 4.93. The fourth-order valence-electron chi connectivity index (χ4n) is 2.79. The Balaban J connectivity index is 2.03. The number of aromatic nitrogens is 2. The highest BCUT2D eigenvalue weighted by molar-refractivity contribution is 5.97. The van der Waals surface area contributed by atoms with Gasteiger partial charge in [0, 0.05) is 12.1 Å². The molecule has 0 bridgehead atoms. The zero-order valence-corrected chi connectivity index (χ0v) is 16.5. The lowest BCUT2D eigenvalue weighted by Crippen LogP contribution is -2.45. The zero-order valence-electron chi connectivity index (χ0n) is 16.5. The second-order valence-electron chi connectivity index (χ2n) is 6.62. The van der Waals surface area contributed by atoms with Gasteiger partial charge >= 0.3 is 5.69 Å². The molecule has 1 atom stereocenters. The van der Waals surface area contributed by atoms with Gasteiger partial charge in [-0.15, -0.1) is 0 Å². The normalized spacial score (nSPS) is 11.7. The number of benzene rings is 1. The fraction of sp³-hybridized carbons (Fsp3) is 0.421. The van der Waals surface area contributed by atoms with Gasteiger partial charge < -0.3 is 10.6 Å². The molecule has 0 aliphatic carbocycles. The molecule has 0 radical (unpaired) electrons. The number of aryl methyl sites for hydroxylation is 1. The number of nitrogens with zero attached hydrogens (tertiary/aromatic N) is 3. The first-order valence-electron chi connectivity index (χ1n) is 9.10. The summed E-state index contributed by atoms with van der Waals surface area (Å²) in [6.45, 7) is 7.77. The van der Waals surface area contributed by atoms with Gasteiger partial charge in [-0.05, 0) is 44.9 Å². The van der Waals surface area contributed by atoms with Crippen molar-refractivity contribution in [1.29, 1.82) is 0 Å². The molecule has 0 spiro atoms. The number of carbonyl (C=O) groups excluding carboxylic acids is 2. The third-order valence-electron chi connectivity index (χ3n) is 4.36. The van der Waals surface area contributed by atoms with Crippen LogP contribution < -0.4 is 10.6 Å². The predicted molar refractivity (Wildman–Crippen MR) is 104 cm³/mol. The van der Waals surface area contributed by atoms with Gasteiger partial charge in [0.2, 0.25) is 5.91 Å². The van der Waals surface area contributed by atoms with Crippen LogP contribution >= 0.6 is 0 Å². The van der Waals surface area contributed by atoms with Crippen LogP contribution in [0.5, 0.6) is 0 Å². The molecule has 0 unspecified atom stereocenters. The summed E-state index contributed by atoms with van der Waals surface area (Å²) in [6, 6.07) is 6.20. The SMILES string of the molecule is CCCNC(=O)[C@@H](C)NC(=O)c1ccc(Cn2nc(C)c([N+](=O)[O-])c2C)cc1. The van der Waals surface area contributed by atoms with Gasteiger partial charge in [-0.2, -0.15) is 5.10 Å². The smallest absolute Gasteiger partial charge is 0.312 e. The van der Waals surface area contributed by atoms with E-state index >= 15 is 0 Å². The monoisotopic (exact) mass is 387 g/mol. The molecule has 0 saturated carbocycles. The summed E-state index contributed by atoms with van der Waals surface area (Å²) in [7, 11) is 0. The van der Waals surface area contributed by atoms with Crippen molar-refractivity contribution in [2.45, 2.75) is 46.7 Å². The first-order chi connectivity index (χ1) is 13.2. The van der Waals surface area contributed by atoms with E-state index in [1.54, 1.807) is 49.7 Å². The summed E-state index contributed by atoms with van der Waals surface area (Å²) in [4.78, 5) is 34.8. The highest BCUT2D eigenvalue weighted by Gasteiger charge is 2.22. The number of nitro groups is 1. The van der Waals surface area contributed by atoms with Gasteiger partial charge in [0.25, 0.3) is 5.91 Å². The van der Waals surface area contributed by atoms with Crippen LogP contribution in [-0.2, 0) is 11.3 Å². The van der Waals surface area contributed by atoms with Crippen LogP contribution in [0.3, 0.4) is 0 Å². The summed E-state index contributed by atoms with van der Waals surface area (Å²) in [5.74, 6) is -0.564. The molecular formula is C19H25N5O4. The van der Waals surface area contributed by atoms with E-state index in [0.29, 0.717) is 30.0 Å². The number of hydrogen-bond acceptors (Lipinski definition) is 5. The average molecular weight is 387 g/mol. The highest BCUT2D eigenvalue weighted by Crippen LogP contribution is 2.22. The molecule has 150 valence electrons. The minimum absolute atomic E-state index is 0.0198. The topological polar surface area (TPSA) is 119 Å². The van der Waals surface area contributed by atoms with E-state index in [1.165, 1.54) is 0 Å². The lowest BCUT2D eigenvalue weighted by atomic mass is 10.1. The maximum atomic E-state index is 12.3. The van der Waals surface area contributed by atoms with Gasteiger partial charge in [-0.1, -0.05) is 19.1 Å². The minimum atomic E-state index is -0.631. The summed E-state index contributed by atoms with van der Waals surface area (Å²) in [6.07, 6.45) is 0.826. The van der Waals surface area contributed by atoms with Crippen LogP contribution in [0.2, 0.25) is 0 Å². The van der Waals surface area contributed by atoms with Gasteiger partial charge in [0.1, 0.15) is 17.4 Å². The van der Waals surface area contributed by atoms with Crippen molar-refractivity contribution in [3.05, 3.63) is 56.9 Å². The van der Waals surface area contributed by atoms with Gasteiger partial charge in [0.05, 0.1) is 11.5 Å². The van der Waals surface area contributed by atoms with Crippen LogP contribution in [0.1, 0.15) is 47.6 Å². The Bertz CT molecular complexity index is 873. The summed E-state index contributed by atoms with van der Waals surface area (Å²) < 4.78 is 1.57. The summed E-state index contributed by atoms with van der Waals surface area (Å²) in [5.41, 5.74) is 2.15. The van der Waals surface area contributed by atoms with E-state index in [2.05, 4.69) is 15.7 Å². The number of hydrogen-bond donors (Lipinski definition) is 2. The molecule has 1 aromatic heterocycles. The first-order valence-corrected chi connectivity index (χ1v) is 9.10. The van der Waals surface area contributed by atoms with Crippen LogP contribution in [0, 0.1) is 24.0 Å². The summed E-state index contributed by atoms with van der Waals surface area (Å²) >= 11 is 0. The second-order valence-corrected chi connectivity index (χ2v) is 6.62. The van der Waals surface area contributed by atoms with E-state index < -0.39 is 11.0 Å². The average Bonchev–Trinajstić information content (AvgIpc) is 2.93. The van der Waals surface area contributed by atoms with E-state index in [4.69, 9.17) is 0 Å². The standard InChI is InChI=1S/C19H25N5O4/c1-5-10-20-18(25)13(3)21-19(26)16-8-6-15(7-9-16)11-23-14(4)17(24(27)28)12(2)22-23/h6-9,13H,5,10-11H2,1-4H3,(H,20,25)(H,21,26)/t13-/m1/s1. The number of nitrogens with one attached hydrogen (secondary N) is 2. The molecule has 2 amide bonds. The lowest BCUT2D eigenvalue weighted by Gasteiger charge is -2.14. The molecule has 0 aliphatic heterocycles. The Morgan fingerprint density at radius 3 is 2.43 bits per heavy atom. The van der Waals surface area contributed by atoms with Crippen molar-refractivity contribution < 1.29 is 14.5 Å². The number of amides is 2. The van der Waals surface area contributed by atoms with Crippen LogP contribution in [0.4, 0.5) is 5.69 Å². The third-order valence-corrected chi connectivity index (χ3v) is 4.36. The molecule has 2 aromatic rings. The first kappa shape index (κ1) is 21.1. The van der Waals surface area contributed by atoms with Gasteiger partial charge in [0.15, 0.2) is 0 Å². The molecule has 1 heterocycles. The molecule has 0 aliphatic rings. The van der Waals surface area contributed by atoms with Gasteiger partial charge in [-0.25, -0.2) is 0 Å². The van der Waals surface area contributed by atoms with Crippen LogP contribution in [-0.4, -0.2) is 39.1 Å². The van der Waals surface area contributed by atoms with E-state index in [0.717, 1.165) is 12.0 Å². The minimum Gasteiger partial charge on any atom is -0.354 e. The molecule has 2 rings (SSSR count). The fourth-order valence-corrected chi connectivity index (χ4v) is 2.79. The van der Waals surface area contributed by atoms with Crippen LogP contribution in [0.25, 0.3) is 0 Å². The number of rotatable bonds is 8. The maximum Gasteiger partial charge on any atom is 0.312 e. The molecule has 0 fully saturated rings. The Morgan fingerprint density at radius 1 is 1.25 bits per heavy atom. The number of carbonyl (C=O) groups is 2. The zero-order chi connectivity index (χ0) is 20.8. The molecule has 0 saturated heterocycles. The molecular weight excluding hydrogens is 362 g/mol. The van der Waals surface area contributed by atoms with Gasteiger partial charge in [-0.3, -0.25) is 24.4 Å². The Hall–Kier alpha value is -3.23. The van der Waals surface area contributed by atoms with Crippen molar-refractivity contribution in [2.24, 2.45) is 0 Å². The Morgan fingerprint density at radius 2 is 1.89 bits per heavy atom. The highest BCUT2D eigenvalue weighted by atomic mass is 16.6. The Labute approximate surface area is 163 Å². The largest absolute Gasteiger partial charge is 0.354 e. The van der Waals surface area contributed by atoms with Crippen molar-refractivity contribution in [3.63, 3.8) is 0 Å². The molecule has 1 aromatic carbocycles. The van der Waals surface area contributed by atoms with Crippen LogP contribution in [0.15, 0.2) is 24.3 Å². The van der Waals surface area contributed by atoms with E-state index in [-0.39, 0.29) is 17.5 Å². The van der Waals surface area contributed by atoms with Crippen molar-refractivity contribution in [3.8, 4) is 0 Å². The molecule has 9 nitrogen and oxygen atoms in total. The predicted octanol–water partition coefficient (Wildman–Crippen LogP) is 2.10. The van der Waals surface area contributed by atoms with E-state index in [9.17, 15) is 19.7 Å². The van der Waals surface area contributed by atoms with Crippen molar-refractivity contribution in [1.82, 2.24) is 20.4 Å². The van der Waals surface area contributed by atoms with Crippen molar-refractivity contribution >= 4 is 17.5 Å². The molecule has 9 heteroatoms. The second kappa shape index (κ2) is 9.12. The van der Waals surface area contributed by atoms with E-state index in [1.807, 2.05) is 6.92 Å². The van der Waals surface area contributed by atoms with Crippen molar-refractivity contribution in [2.75, 3.05) is 6.54 Å². The quantitative estimate of drug-likeness (QED) is 0.531. The Kier molecular flexibility index (Phi) is 6.86. The lowest BCUT2D eigenvalue weighted by molar-refractivity contribution is -0.386. The summed E-state index contributed by atoms with van der Waals surface area (Å²) in [5, 5.41) is 20.7. The molecule has 2 N–H and O–H groups in total. The maximum absolute atomic E-state index is 12.3. The molecule has 28 heavy (non-hydrogen) atoms.